The number of halogens is 1. The van der Waals surface area contributed by atoms with Gasteiger partial charge in [0.05, 0.1) is 10.5 Å². The van der Waals surface area contributed by atoms with Crippen LogP contribution in [0.1, 0.15) is 12.5 Å². The summed E-state index contributed by atoms with van der Waals surface area (Å²) >= 11 is 3.16. The molecule has 8 heteroatoms. The number of benzene rings is 1. The van der Waals surface area contributed by atoms with E-state index in [1.165, 1.54) is 18.5 Å². The predicted octanol–water partition coefficient (Wildman–Crippen LogP) is 3.08. The predicted molar refractivity (Wildman–Crippen MR) is 76.7 cm³/mol. The van der Waals surface area contributed by atoms with Gasteiger partial charge in [-0.05, 0) is 28.4 Å². The van der Waals surface area contributed by atoms with Crippen molar-refractivity contribution in [1.29, 1.82) is 0 Å². The second-order valence-electron chi connectivity index (χ2n) is 3.84. The number of aromatic nitrogens is 2. The maximum atomic E-state index is 10.9. The molecule has 0 unspecified atom stereocenters. The van der Waals surface area contributed by atoms with Crippen molar-refractivity contribution in [2.45, 2.75) is 13.3 Å². The monoisotopic (exact) mass is 338 g/mol. The highest BCUT2D eigenvalue weighted by Gasteiger charge is 2.18. The maximum absolute atomic E-state index is 10.9. The molecule has 1 aromatic heterocycles. The summed E-state index contributed by atoms with van der Waals surface area (Å²) in [5.74, 6) is 0.923. The Balaban J connectivity index is 2.43. The Hall–Kier alpha value is -2.22. The number of anilines is 1. The second kappa shape index (κ2) is 5.83. The lowest BCUT2D eigenvalue weighted by atomic mass is 10.2. The van der Waals surface area contributed by atoms with Gasteiger partial charge in [0.1, 0.15) is 16.6 Å². The fraction of sp³-hybridized carbons (Fsp3) is 0.167. The fourth-order valence-corrected chi connectivity index (χ4v) is 2.14. The smallest absolute Gasteiger partial charge is 0.287 e. The number of nitrogen functional groups attached to an aromatic ring is 1. The first-order chi connectivity index (χ1) is 9.54. The van der Waals surface area contributed by atoms with Crippen LogP contribution in [0.4, 0.5) is 11.5 Å². The van der Waals surface area contributed by atoms with E-state index < -0.39 is 4.92 Å². The van der Waals surface area contributed by atoms with Crippen LogP contribution in [0.2, 0.25) is 0 Å². The molecule has 2 N–H and O–H groups in total. The van der Waals surface area contributed by atoms with Crippen molar-refractivity contribution < 1.29 is 9.66 Å². The van der Waals surface area contributed by atoms with Crippen LogP contribution < -0.4 is 10.5 Å². The van der Waals surface area contributed by atoms with Gasteiger partial charge in [0.15, 0.2) is 5.75 Å². The van der Waals surface area contributed by atoms with Gasteiger partial charge in [-0.3, -0.25) is 10.1 Å². The Morgan fingerprint density at radius 2 is 2.20 bits per heavy atom. The number of hydrogen-bond acceptors (Lipinski definition) is 6. The molecule has 0 saturated carbocycles. The lowest BCUT2D eigenvalue weighted by Gasteiger charge is -2.11. The molecule has 0 saturated heterocycles. The van der Waals surface area contributed by atoms with E-state index in [2.05, 4.69) is 25.9 Å². The molecule has 0 fully saturated rings. The van der Waals surface area contributed by atoms with Gasteiger partial charge in [0.25, 0.3) is 5.69 Å². The molecule has 0 amide bonds. The zero-order valence-corrected chi connectivity index (χ0v) is 12.1. The zero-order chi connectivity index (χ0) is 14.7. The van der Waals surface area contributed by atoms with Crippen LogP contribution in [0.25, 0.3) is 0 Å². The molecule has 0 aliphatic heterocycles. The maximum Gasteiger partial charge on any atom is 0.287 e. The van der Waals surface area contributed by atoms with Gasteiger partial charge in [-0.1, -0.05) is 13.0 Å². The quantitative estimate of drug-likeness (QED) is 0.678. The summed E-state index contributed by atoms with van der Waals surface area (Å²) in [5.41, 5.74) is 6.33. The zero-order valence-electron chi connectivity index (χ0n) is 10.5. The van der Waals surface area contributed by atoms with E-state index in [9.17, 15) is 10.1 Å². The first kappa shape index (κ1) is 14.2. The summed E-state index contributed by atoms with van der Waals surface area (Å²) < 4.78 is 5.87. The van der Waals surface area contributed by atoms with Crippen LogP contribution in [-0.2, 0) is 6.42 Å². The number of ether oxygens (including phenoxy) is 1. The van der Waals surface area contributed by atoms with Crippen molar-refractivity contribution in [1.82, 2.24) is 9.97 Å². The summed E-state index contributed by atoms with van der Waals surface area (Å²) in [6.07, 6.45) is 1.88. The number of rotatable bonds is 4. The number of nitro benzene ring substituents is 1. The minimum atomic E-state index is -0.494. The van der Waals surface area contributed by atoms with Crippen LogP contribution in [-0.4, -0.2) is 14.9 Å². The van der Waals surface area contributed by atoms with Crippen molar-refractivity contribution in [3.8, 4) is 11.6 Å². The van der Waals surface area contributed by atoms with Gasteiger partial charge in [-0.2, -0.15) is 0 Å². The third-order valence-corrected chi connectivity index (χ3v) is 3.44. The van der Waals surface area contributed by atoms with Crippen LogP contribution in [0.3, 0.4) is 0 Å². The van der Waals surface area contributed by atoms with Crippen molar-refractivity contribution in [2.75, 3.05) is 5.73 Å². The molecule has 7 nitrogen and oxygen atoms in total. The highest BCUT2D eigenvalue weighted by atomic mass is 79.9. The Morgan fingerprint density at radius 3 is 2.85 bits per heavy atom. The Morgan fingerprint density at radius 1 is 1.45 bits per heavy atom. The van der Waals surface area contributed by atoms with Gasteiger partial charge in [0.2, 0.25) is 5.88 Å². The van der Waals surface area contributed by atoms with Crippen LogP contribution in [0.15, 0.2) is 29.0 Å². The van der Waals surface area contributed by atoms with Gasteiger partial charge in [0, 0.05) is 6.07 Å². The Labute approximate surface area is 123 Å². The molecular formula is C12H11BrN4O3. The molecule has 0 aliphatic carbocycles. The molecule has 0 aliphatic rings. The molecule has 20 heavy (non-hydrogen) atoms. The highest BCUT2D eigenvalue weighted by Crippen LogP contribution is 2.37. The van der Waals surface area contributed by atoms with E-state index in [1.54, 1.807) is 6.07 Å². The first-order valence-corrected chi connectivity index (χ1v) is 6.54. The Bertz CT molecular complexity index is 663. The lowest BCUT2D eigenvalue weighted by Crippen LogP contribution is -2.02. The van der Waals surface area contributed by atoms with Gasteiger partial charge >= 0.3 is 0 Å². The molecular weight excluding hydrogens is 328 g/mol. The van der Waals surface area contributed by atoms with Crippen molar-refractivity contribution in [2.24, 2.45) is 0 Å². The number of nitrogens with zero attached hydrogens (tertiary/aromatic N) is 3. The summed E-state index contributed by atoms with van der Waals surface area (Å²) in [7, 11) is 0. The minimum absolute atomic E-state index is 0.0809. The molecule has 0 radical (unpaired) electrons. The second-order valence-corrected chi connectivity index (χ2v) is 4.64. The third-order valence-electron chi connectivity index (χ3n) is 2.64. The molecule has 1 heterocycles. The molecule has 2 rings (SSSR count). The number of nitrogens with two attached hydrogens (primary N) is 1. The van der Waals surface area contributed by atoms with Gasteiger partial charge in [-0.15, -0.1) is 0 Å². The van der Waals surface area contributed by atoms with E-state index in [1.807, 2.05) is 6.92 Å². The standard InChI is InChI=1S/C12H11BrN4O3/c1-2-7-11(14)15-6-16-12(7)20-9-5-3-4-8(10(9)13)17(18)19/h3-6H,2H2,1H3,(H2,14,15,16). The van der Waals surface area contributed by atoms with Crippen molar-refractivity contribution >= 4 is 27.4 Å². The molecule has 0 bridgehead atoms. The van der Waals surface area contributed by atoms with Gasteiger partial charge in [-0.25, -0.2) is 9.97 Å². The van der Waals surface area contributed by atoms with Crippen molar-refractivity contribution in [3.05, 3.63) is 44.7 Å². The Kier molecular flexibility index (Phi) is 4.14. The topological polar surface area (TPSA) is 104 Å². The summed E-state index contributed by atoms with van der Waals surface area (Å²) in [6, 6.07) is 4.52. The average molecular weight is 339 g/mol. The number of hydrogen-bond donors (Lipinski definition) is 1. The molecule has 1 aromatic carbocycles. The van der Waals surface area contributed by atoms with E-state index >= 15 is 0 Å². The van der Waals surface area contributed by atoms with Crippen LogP contribution in [0.5, 0.6) is 11.6 Å². The number of nitro groups is 1. The fourth-order valence-electron chi connectivity index (χ4n) is 1.65. The molecule has 2 aromatic rings. The molecule has 0 spiro atoms. The van der Waals surface area contributed by atoms with E-state index in [0.717, 1.165) is 0 Å². The largest absolute Gasteiger partial charge is 0.437 e. The SMILES string of the molecule is CCc1c(N)ncnc1Oc1cccc([N+](=O)[O-])c1Br. The minimum Gasteiger partial charge on any atom is -0.437 e. The summed E-state index contributed by atoms with van der Waals surface area (Å²) in [5, 5.41) is 10.9. The highest BCUT2D eigenvalue weighted by molar-refractivity contribution is 9.10. The third kappa shape index (κ3) is 2.69. The normalized spacial score (nSPS) is 10.3. The first-order valence-electron chi connectivity index (χ1n) is 5.74. The summed E-state index contributed by atoms with van der Waals surface area (Å²) in [6.45, 7) is 1.89. The lowest BCUT2D eigenvalue weighted by molar-refractivity contribution is -0.385. The average Bonchev–Trinajstić information content (AvgIpc) is 2.41. The van der Waals surface area contributed by atoms with E-state index in [-0.39, 0.29) is 10.2 Å². The van der Waals surface area contributed by atoms with Gasteiger partial charge < -0.3 is 10.5 Å². The van der Waals surface area contributed by atoms with Crippen LogP contribution in [0, 0.1) is 10.1 Å². The molecule has 104 valence electrons. The van der Waals surface area contributed by atoms with Crippen molar-refractivity contribution in [3.63, 3.8) is 0 Å². The summed E-state index contributed by atoms with van der Waals surface area (Å²) in [4.78, 5) is 18.3. The van der Waals surface area contributed by atoms with E-state index in [4.69, 9.17) is 10.5 Å². The molecule has 0 atom stereocenters. The van der Waals surface area contributed by atoms with Crippen LogP contribution >= 0.6 is 15.9 Å². The van der Waals surface area contributed by atoms with E-state index in [0.29, 0.717) is 29.4 Å².